The van der Waals surface area contributed by atoms with Crippen molar-refractivity contribution in [3.63, 3.8) is 0 Å². The van der Waals surface area contributed by atoms with Crippen LogP contribution >= 0.6 is 0 Å². The van der Waals surface area contributed by atoms with Crippen molar-refractivity contribution in [3.05, 3.63) is 53.6 Å². The fourth-order valence-corrected chi connectivity index (χ4v) is 3.87. The summed E-state index contributed by atoms with van der Waals surface area (Å²) in [7, 11) is 0. The normalized spacial score (nSPS) is 19.4. The van der Waals surface area contributed by atoms with E-state index in [2.05, 4.69) is 41.0 Å². The van der Waals surface area contributed by atoms with Crippen LogP contribution in [0.15, 0.2) is 42.5 Å². The maximum Gasteiger partial charge on any atom is 0.245 e. The molecule has 1 aromatic rings. The predicted octanol–water partition coefficient (Wildman–Crippen LogP) is 2.55. The van der Waals surface area contributed by atoms with E-state index in [1.165, 1.54) is 18.1 Å². The summed E-state index contributed by atoms with van der Waals surface area (Å²) in [4.78, 5) is 38.0. The summed E-state index contributed by atoms with van der Waals surface area (Å²) in [6, 6.07) is 7.09. The Bertz CT molecular complexity index is 826. The molecule has 2 aliphatic rings. The molecule has 1 aromatic carbocycles. The molecule has 0 saturated carbocycles. The van der Waals surface area contributed by atoms with Gasteiger partial charge in [-0.15, -0.1) is 0 Å². The molecule has 3 amide bonds. The molecule has 2 N–H and O–H groups in total. The minimum atomic E-state index is -0.628. The molecule has 1 saturated heterocycles. The average Bonchev–Trinajstić information content (AvgIpc) is 3.22. The highest BCUT2D eigenvalue weighted by atomic mass is 16.2. The maximum absolute atomic E-state index is 12.7. The molecule has 6 heteroatoms. The third-order valence-electron chi connectivity index (χ3n) is 5.38. The number of nitrogens with one attached hydrogen (secondary N) is 2. The predicted molar refractivity (Wildman–Crippen MR) is 113 cm³/mol. The number of amides is 3. The van der Waals surface area contributed by atoms with Crippen LogP contribution in [0, 0.1) is 0 Å². The van der Waals surface area contributed by atoms with Gasteiger partial charge in [-0.2, -0.15) is 0 Å². The number of carbonyl (C=O) groups is 3. The Balaban J connectivity index is 1.55. The first-order valence-corrected chi connectivity index (χ1v) is 10.3. The Morgan fingerprint density at radius 1 is 1.17 bits per heavy atom. The van der Waals surface area contributed by atoms with Crippen LogP contribution in [0.3, 0.4) is 0 Å². The number of rotatable bonds is 6. The molecule has 0 radical (unpaired) electrons. The van der Waals surface area contributed by atoms with Gasteiger partial charge in [0.2, 0.25) is 17.7 Å². The molecule has 2 atom stereocenters. The molecule has 1 fully saturated rings. The van der Waals surface area contributed by atoms with Crippen LogP contribution in [0.2, 0.25) is 0 Å². The van der Waals surface area contributed by atoms with E-state index in [1.54, 1.807) is 11.8 Å². The molecule has 29 heavy (non-hydrogen) atoms. The van der Waals surface area contributed by atoms with Crippen LogP contribution in [-0.2, 0) is 20.9 Å². The molecule has 0 bridgehead atoms. The van der Waals surface area contributed by atoms with Gasteiger partial charge in [-0.3, -0.25) is 14.4 Å². The highest BCUT2D eigenvalue weighted by Crippen LogP contribution is 2.22. The largest absolute Gasteiger partial charge is 0.350 e. The number of hydrogen-bond donors (Lipinski definition) is 2. The number of hydrogen-bond acceptors (Lipinski definition) is 3. The summed E-state index contributed by atoms with van der Waals surface area (Å²) in [5.74, 6) is -0.613. The van der Waals surface area contributed by atoms with Gasteiger partial charge in [0, 0.05) is 20.0 Å². The highest BCUT2D eigenvalue weighted by molar-refractivity contribution is 5.92. The highest BCUT2D eigenvalue weighted by Gasteiger charge is 2.35. The third-order valence-corrected chi connectivity index (χ3v) is 5.38. The number of allylic oxidation sites excluding steroid dienone is 4. The van der Waals surface area contributed by atoms with Crippen molar-refractivity contribution in [1.29, 1.82) is 0 Å². The SMILES string of the molecule is CC(=O)N[C@@H](C)C(=O)N1CCC[C@H]1C(=O)NCc1ccc(C2=CCCC=C2)cc1. The summed E-state index contributed by atoms with van der Waals surface area (Å²) in [5, 5.41) is 5.55. The minimum absolute atomic E-state index is 0.145. The lowest BCUT2D eigenvalue weighted by Crippen LogP contribution is -2.52. The van der Waals surface area contributed by atoms with Crippen molar-refractivity contribution in [2.75, 3.05) is 6.54 Å². The fourth-order valence-electron chi connectivity index (χ4n) is 3.87. The first-order chi connectivity index (χ1) is 14.0. The zero-order chi connectivity index (χ0) is 20.8. The molecule has 6 nitrogen and oxygen atoms in total. The standard InChI is InChI=1S/C23H29N3O3/c1-16(25-17(2)27)23(29)26-14-6-9-21(26)22(28)24-15-18-10-12-20(13-11-18)19-7-4-3-5-8-19/h4,7-8,10-13,16,21H,3,5-6,9,14-15H2,1-2H3,(H,24,28)(H,25,27)/t16-,21-/m0/s1. The van der Waals surface area contributed by atoms with Gasteiger partial charge in [-0.1, -0.05) is 42.5 Å². The molecule has 1 aliphatic heterocycles. The molecule has 0 unspecified atom stereocenters. The Kier molecular flexibility index (Phi) is 6.86. The fraction of sp³-hybridized carbons (Fsp3) is 0.435. The van der Waals surface area contributed by atoms with Crippen molar-refractivity contribution in [2.45, 2.75) is 58.2 Å². The topological polar surface area (TPSA) is 78.5 Å². The Labute approximate surface area is 172 Å². The lowest BCUT2D eigenvalue weighted by molar-refractivity contribution is -0.140. The second-order valence-electron chi connectivity index (χ2n) is 7.67. The van der Waals surface area contributed by atoms with Gasteiger partial charge in [0.1, 0.15) is 12.1 Å². The number of carbonyl (C=O) groups excluding carboxylic acids is 3. The first kappa shape index (κ1) is 20.8. The van der Waals surface area contributed by atoms with E-state index in [9.17, 15) is 14.4 Å². The number of benzene rings is 1. The van der Waals surface area contributed by atoms with E-state index in [-0.39, 0.29) is 17.7 Å². The van der Waals surface area contributed by atoms with E-state index < -0.39 is 12.1 Å². The Morgan fingerprint density at radius 3 is 2.59 bits per heavy atom. The van der Waals surface area contributed by atoms with Gasteiger partial charge in [0.15, 0.2) is 0 Å². The second-order valence-corrected chi connectivity index (χ2v) is 7.67. The summed E-state index contributed by atoms with van der Waals surface area (Å²) in [6.45, 7) is 3.99. The summed E-state index contributed by atoms with van der Waals surface area (Å²) < 4.78 is 0. The smallest absolute Gasteiger partial charge is 0.245 e. The van der Waals surface area contributed by atoms with E-state index in [1.807, 2.05) is 12.1 Å². The number of likely N-dealkylation sites (tertiary alicyclic amines) is 1. The van der Waals surface area contributed by atoms with E-state index in [0.29, 0.717) is 19.5 Å². The van der Waals surface area contributed by atoms with Gasteiger partial charge < -0.3 is 15.5 Å². The Morgan fingerprint density at radius 2 is 1.93 bits per heavy atom. The van der Waals surface area contributed by atoms with Crippen molar-refractivity contribution in [3.8, 4) is 0 Å². The van der Waals surface area contributed by atoms with Crippen molar-refractivity contribution in [2.24, 2.45) is 0 Å². The zero-order valence-corrected chi connectivity index (χ0v) is 17.1. The van der Waals surface area contributed by atoms with Gasteiger partial charge >= 0.3 is 0 Å². The van der Waals surface area contributed by atoms with Crippen LogP contribution in [0.25, 0.3) is 5.57 Å². The van der Waals surface area contributed by atoms with E-state index in [0.717, 1.165) is 24.8 Å². The summed E-state index contributed by atoms with van der Waals surface area (Å²) in [5.41, 5.74) is 3.43. The van der Waals surface area contributed by atoms with E-state index >= 15 is 0 Å². The molecule has 1 heterocycles. The third kappa shape index (κ3) is 5.34. The van der Waals surface area contributed by atoms with Gasteiger partial charge in [0.25, 0.3) is 0 Å². The van der Waals surface area contributed by atoms with Crippen LogP contribution in [-0.4, -0.2) is 41.2 Å². The van der Waals surface area contributed by atoms with Gasteiger partial charge in [-0.05, 0) is 49.3 Å². The van der Waals surface area contributed by atoms with Crippen LogP contribution in [0.5, 0.6) is 0 Å². The molecule has 0 spiro atoms. The molecular weight excluding hydrogens is 366 g/mol. The minimum Gasteiger partial charge on any atom is -0.350 e. The van der Waals surface area contributed by atoms with Crippen molar-refractivity contribution in [1.82, 2.24) is 15.5 Å². The lowest BCUT2D eigenvalue weighted by Gasteiger charge is -2.27. The molecule has 0 aromatic heterocycles. The molecule has 3 rings (SSSR count). The Hall–Kier alpha value is -2.89. The van der Waals surface area contributed by atoms with Crippen molar-refractivity contribution < 1.29 is 14.4 Å². The lowest BCUT2D eigenvalue weighted by atomic mass is 9.99. The maximum atomic E-state index is 12.7. The van der Waals surface area contributed by atoms with Crippen LogP contribution < -0.4 is 10.6 Å². The van der Waals surface area contributed by atoms with Gasteiger partial charge in [-0.25, -0.2) is 0 Å². The summed E-state index contributed by atoms with van der Waals surface area (Å²) >= 11 is 0. The quantitative estimate of drug-likeness (QED) is 0.777. The van der Waals surface area contributed by atoms with Gasteiger partial charge in [0.05, 0.1) is 0 Å². The van der Waals surface area contributed by atoms with Crippen molar-refractivity contribution >= 4 is 23.3 Å². The molecule has 154 valence electrons. The second kappa shape index (κ2) is 9.54. The average molecular weight is 396 g/mol. The monoisotopic (exact) mass is 395 g/mol. The first-order valence-electron chi connectivity index (χ1n) is 10.3. The van der Waals surface area contributed by atoms with Crippen LogP contribution in [0.4, 0.5) is 0 Å². The molecule has 1 aliphatic carbocycles. The summed E-state index contributed by atoms with van der Waals surface area (Å²) in [6.07, 6.45) is 10.2. The van der Waals surface area contributed by atoms with Crippen LogP contribution in [0.1, 0.15) is 50.7 Å². The number of nitrogens with zero attached hydrogens (tertiary/aromatic N) is 1. The van der Waals surface area contributed by atoms with E-state index in [4.69, 9.17) is 0 Å². The zero-order valence-electron chi connectivity index (χ0n) is 17.1. The molecular formula is C23H29N3O3.